The van der Waals surface area contributed by atoms with Gasteiger partial charge in [-0.25, -0.2) is 0 Å². The largest absolute Gasteiger partial charge is 0.494 e. The number of hydrogen-bond donors (Lipinski definition) is 1. The van der Waals surface area contributed by atoms with Crippen molar-refractivity contribution < 1.29 is 9.53 Å². The second-order valence-electron chi connectivity index (χ2n) is 4.50. The van der Waals surface area contributed by atoms with Crippen molar-refractivity contribution in [2.75, 3.05) is 20.2 Å². The van der Waals surface area contributed by atoms with Gasteiger partial charge in [-0.2, -0.15) is 0 Å². The van der Waals surface area contributed by atoms with E-state index in [-0.39, 0.29) is 24.4 Å². The maximum atomic E-state index is 11.8. The van der Waals surface area contributed by atoms with Crippen LogP contribution in [0.5, 0.6) is 5.75 Å². The Morgan fingerprint density at radius 1 is 1.50 bits per heavy atom. The molecule has 1 rings (SSSR count). The Hall–Kier alpha value is -0.780. The first-order chi connectivity index (χ1) is 9.04. The molecule has 4 nitrogen and oxygen atoms in total. The first kappa shape index (κ1) is 19.2. The number of nitrogens with two attached hydrogens (primary N) is 1. The zero-order chi connectivity index (χ0) is 14.3. The van der Waals surface area contributed by atoms with E-state index in [0.717, 1.165) is 10.2 Å². The summed E-state index contributed by atoms with van der Waals surface area (Å²) in [6.45, 7) is 2.96. The number of benzene rings is 1. The van der Waals surface area contributed by atoms with Crippen LogP contribution in [-0.2, 0) is 4.79 Å². The van der Waals surface area contributed by atoms with E-state index in [0.29, 0.717) is 26.0 Å². The highest BCUT2D eigenvalue weighted by atomic mass is 79.9. The third kappa shape index (κ3) is 6.59. The number of nitrogens with zero attached hydrogens (tertiary/aromatic N) is 1. The molecule has 2 N–H and O–H groups in total. The number of carbonyl (C=O) groups excluding carboxylic acids is 1. The summed E-state index contributed by atoms with van der Waals surface area (Å²) >= 11 is 3.38. The minimum Gasteiger partial charge on any atom is -0.494 e. The molecular weight excluding hydrogens is 344 g/mol. The quantitative estimate of drug-likeness (QED) is 0.756. The van der Waals surface area contributed by atoms with Crippen molar-refractivity contribution in [1.29, 1.82) is 0 Å². The molecule has 1 unspecified atom stereocenters. The highest BCUT2D eigenvalue weighted by Gasteiger charge is 2.13. The third-order valence-electron chi connectivity index (χ3n) is 3.00. The van der Waals surface area contributed by atoms with Crippen molar-refractivity contribution in [3.8, 4) is 5.75 Å². The average Bonchev–Trinajstić information content (AvgIpc) is 2.41. The number of rotatable bonds is 7. The normalized spacial score (nSPS) is 11.4. The van der Waals surface area contributed by atoms with Crippen LogP contribution in [0, 0.1) is 0 Å². The standard InChI is InChI=1S/C14H21BrN2O2.ClH/c1-11(10-16)17(2)14(18)7-4-8-19-13-6-3-5-12(15)9-13;/h3,5-6,9,11H,4,7-8,10,16H2,1-2H3;1H. The minimum absolute atomic E-state index is 0. The summed E-state index contributed by atoms with van der Waals surface area (Å²) in [4.78, 5) is 13.5. The molecule has 1 atom stereocenters. The minimum atomic E-state index is 0. The fourth-order valence-electron chi connectivity index (χ4n) is 1.55. The summed E-state index contributed by atoms with van der Waals surface area (Å²) in [5.41, 5.74) is 5.53. The molecule has 0 aliphatic rings. The molecule has 0 saturated heterocycles. The van der Waals surface area contributed by atoms with Crippen LogP contribution in [0.15, 0.2) is 28.7 Å². The molecule has 0 aliphatic heterocycles. The van der Waals surface area contributed by atoms with Crippen molar-refractivity contribution in [3.63, 3.8) is 0 Å². The fourth-order valence-corrected chi connectivity index (χ4v) is 1.93. The lowest BCUT2D eigenvalue weighted by Crippen LogP contribution is -2.39. The van der Waals surface area contributed by atoms with Crippen LogP contribution in [0.3, 0.4) is 0 Å². The topological polar surface area (TPSA) is 55.6 Å². The van der Waals surface area contributed by atoms with Crippen molar-refractivity contribution in [3.05, 3.63) is 28.7 Å². The summed E-state index contributed by atoms with van der Waals surface area (Å²) in [6, 6.07) is 7.75. The predicted molar refractivity (Wildman–Crippen MR) is 87.4 cm³/mol. The molecule has 0 heterocycles. The molecule has 1 amide bonds. The molecule has 20 heavy (non-hydrogen) atoms. The Kier molecular flexibility index (Phi) is 9.63. The molecule has 1 aromatic rings. The van der Waals surface area contributed by atoms with E-state index in [1.165, 1.54) is 0 Å². The van der Waals surface area contributed by atoms with Crippen molar-refractivity contribution in [1.82, 2.24) is 4.90 Å². The lowest BCUT2D eigenvalue weighted by atomic mass is 10.2. The number of carbonyl (C=O) groups is 1. The summed E-state index contributed by atoms with van der Waals surface area (Å²) in [6.07, 6.45) is 1.18. The second kappa shape index (κ2) is 10.0. The van der Waals surface area contributed by atoms with Crippen LogP contribution in [0.4, 0.5) is 0 Å². The van der Waals surface area contributed by atoms with Crippen LogP contribution in [0.1, 0.15) is 19.8 Å². The monoisotopic (exact) mass is 364 g/mol. The van der Waals surface area contributed by atoms with Gasteiger partial charge in [0, 0.05) is 30.5 Å². The smallest absolute Gasteiger partial charge is 0.222 e. The maximum absolute atomic E-state index is 11.8. The number of likely N-dealkylation sites (N-methyl/N-ethyl adjacent to an activating group) is 1. The van der Waals surface area contributed by atoms with E-state index in [1.807, 2.05) is 31.2 Å². The van der Waals surface area contributed by atoms with E-state index in [2.05, 4.69) is 15.9 Å². The van der Waals surface area contributed by atoms with Gasteiger partial charge >= 0.3 is 0 Å². The summed E-state index contributed by atoms with van der Waals surface area (Å²) < 4.78 is 6.56. The molecule has 0 aromatic heterocycles. The molecule has 0 spiro atoms. The number of amides is 1. The second-order valence-corrected chi connectivity index (χ2v) is 5.41. The van der Waals surface area contributed by atoms with E-state index < -0.39 is 0 Å². The summed E-state index contributed by atoms with van der Waals surface area (Å²) in [7, 11) is 1.79. The number of hydrogen-bond acceptors (Lipinski definition) is 3. The molecule has 0 aliphatic carbocycles. The zero-order valence-corrected chi connectivity index (χ0v) is 14.2. The van der Waals surface area contributed by atoms with Gasteiger partial charge in [-0.05, 0) is 31.5 Å². The SMILES string of the molecule is CC(CN)N(C)C(=O)CCCOc1cccc(Br)c1.Cl. The van der Waals surface area contributed by atoms with E-state index in [9.17, 15) is 4.79 Å². The lowest BCUT2D eigenvalue weighted by Gasteiger charge is -2.23. The third-order valence-corrected chi connectivity index (χ3v) is 3.49. The molecule has 6 heteroatoms. The van der Waals surface area contributed by atoms with Crippen LogP contribution in [0.25, 0.3) is 0 Å². The molecule has 114 valence electrons. The van der Waals surface area contributed by atoms with Gasteiger partial charge in [0.15, 0.2) is 0 Å². The Morgan fingerprint density at radius 3 is 2.80 bits per heavy atom. The Labute approximate surface area is 135 Å². The van der Waals surface area contributed by atoms with Gasteiger partial charge < -0.3 is 15.4 Å². The van der Waals surface area contributed by atoms with Gasteiger partial charge in [0.1, 0.15) is 5.75 Å². The van der Waals surface area contributed by atoms with Gasteiger partial charge in [-0.15, -0.1) is 12.4 Å². The Balaban J connectivity index is 0.00000361. The predicted octanol–water partition coefficient (Wildman–Crippen LogP) is 2.84. The molecule has 0 radical (unpaired) electrons. The maximum Gasteiger partial charge on any atom is 0.222 e. The van der Waals surface area contributed by atoms with Gasteiger partial charge in [0.05, 0.1) is 6.61 Å². The molecular formula is C14H22BrClN2O2. The number of ether oxygens (including phenoxy) is 1. The van der Waals surface area contributed by atoms with Crippen LogP contribution < -0.4 is 10.5 Å². The van der Waals surface area contributed by atoms with Gasteiger partial charge in [-0.3, -0.25) is 4.79 Å². The average molecular weight is 366 g/mol. The first-order valence-corrected chi connectivity index (χ1v) is 7.18. The summed E-state index contributed by atoms with van der Waals surface area (Å²) in [5, 5.41) is 0. The van der Waals surface area contributed by atoms with Crippen LogP contribution in [0.2, 0.25) is 0 Å². The Morgan fingerprint density at radius 2 is 2.20 bits per heavy atom. The van der Waals surface area contributed by atoms with E-state index in [4.69, 9.17) is 10.5 Å². The van der Waals surface area contributed by atoms with Crippen LogP contribution >= 0.6 is 28.3 Å². The zero-order valence-electron chi connectivity index (χ0n) is 11.8. The van der Waals surface area contributed by atoms with Crippen molar-refractivity contribution in [2.24, 2.45) is 5.73 Å². The molecule has 0 saturated carbocycles. The van der Waals surface area contributed by atoms with Gasteiger partial charge in [0.2, 0.25) is 5.91 Å². The highest BCUT2D eigenvalue weighted by Crippen LogP contribution is 2.17. The fraction of sp³-hybridized carbons (Fsp3) is 0.500. The summed E-state index contributed by atoms with van der Waals surface area (Å²) in [5.74, 6) is 0.918. The first-order valence-electron chi connectivity index (χ1n) is 6.38. The molecule has 0 bridgehead atoms. The van der Waals surface area contributed by atoms with Crippen LogP contribution in [-0.4, -0.2) is 37.0 Å². The van der Waals surface area contributed by atoms with Crippen molar-refractivity contribution in [2.45, 2.75) is 25.8 Å². The van der Waals surface area contributed by atoms with E-state index >= 15 is 0 Å². The molecule has 0 fully saturated rings. The Bertz CT molecular complexity index is 418. The number of halogens is 2. The molecule has 1 aromatic carbocycles. The van der Waals surface area contributed by atoms with Crippen molar-refractivity contribution >= 4 is 34.2 Å². The van der Waals surface area contributed by atoms with E-state index in [1.54, 1.807) is 11.9 Å². The van der Waals surface area contributed by atoms with Gasteiger partial charge in [-0.1, -0.05) is 22.0 Å². The lowest BCUT2D eigenvalue weighted by molar-refractivity contribution is -0.131. The van der Waals surface area contributed by atoms with Gasteiger partial charge in [0.25, 0.3) is 0 Å². The highest BCUT2D eigenvalue weighted by molar-refractivity contribution is 9.10.